The predicted molar refractivity (Wildman–Crippen MR) is 118 cm³/mol. The van der Waals surface area contributed by atoms with E-state index in [2.05, 4.69) is 32.9 Å². The summed E-state index contributed by atoms with van der Waals surface area (Å²) in [5.41, 5.74) is 3.94. The molecule has 3 atom stereocenters. The molecule has 0 saturated carbocycles. The summed E-state index contributed by atoms with van der Waals surface area (Å²) in [5, 5.41) is 9.59. The molecule has 0 spiro atoms. The third kappa shape index (κ3) is 3.89. The lowest BCUT2D eigenvalue weighted by Crippen LogP contribution is -2.49. The van der Waals surface area contributed by atoms with Crippen LogP contribution < -0.4 is 4.74 Å². The highest BCUT2D eigenvalue weighted by atomic mass is 16.5. The topological polar surface area (TPSA) is 55.8 Å². The summed E-state index contributed by atoms with van der Waals surface area (Å²) in [4.78, 5) is 11.7. The maximum atomic E-state index is 11.7. The van der Waals surface area contributed by atoms with Gasteiger partial charge in [-0.2, -0.15) is 0 Å². The van der Waals surface area contributed by atoms with Crippen LogP contribution in [-0.2, 0) is 4.74 Å². The van der Waals surface area contributed by atoms with Crippen LogP contribution >= 0.6 is 0 Å². The molecule has 4 heteroatoms. The standard InChI is InChI=1S/C26H30O4/c1-17(2)8-6-14-26(3)22-11-7-15-29-24(22)21-13-12-18(16-23(21)30-26)19-9-4-5-10-20(19)25(27)28/h4-5,8-10,12-13,16,22,24H,6-7,11,14-15H2,1-3H3,(H,27,28)/t22-,24+,26-/m1/s1. The highest BCUT2D eigenvalue weighted by Crippen LogP contribution is 2.51. The summed E-state index contributed by atoms with van der Waals surface area (Å²) < 4.78 is 12.9. The van der Waals surface area contributed by atoms with Gasteiger partial charge in [-0.05, 0) is 69.7 Å². The fraction of sp³-hybridized carbons (Fsp3) is 0.423. The second-order valence-electron chi connectivity index (χ2n) is 8.88. The summed E-state index contributed by atoms with van der Waals surface area (Å²) in [6.07, 6.45) is 6.35. The van der Waals surface area contributed by atoms with Crippen LogP contribution in [-0.4, -0.2) is 23.3 Å². The molecule has 2 aliphatic heterocycles. The number of rotatable bonds is 5. The van der Waals surface area contributed by atoms with Gasteiger partial charge in [-0.15, -0.1) is 0 Å². The molecule has 0 bridgehead atoms. The molecule has 2 aromatic carbocycles. The Bertz CT molecular complexity index is 973. The Hall–Kier alpha value is -2.59. The minimum atomic E-state index is -0.925. The van der Waals surface area contributed by atoms with Crippen LogP contribution in [0.15, 0.2) is 54.1 Å². The van der Waals surface area contributed by atoms with Crippen molar-refractivity contribution in [1.82, 2.24) is 0 Å². The first-order chi connectivity index (χ1) is 14.4. The number of benzene rings is 2. The highest BCUT2D eigenvalue weighted by molar-refractivity contribution is 5.96. The van der Waals surface area contributed by atoms with Gasteiger partial charge in [0.05, 0.1) is 11.7 Å². The van der Waals surface area contributed by atoms with Crippen molar-refractivity contribution in [2.45, 2.75) is 58.2 Å². The summed E-state index contributed by atoms with van der Waals surface area (Å²) >= 11 is 0. The Labute approximate surface area is 178 Å². The molecule has 0 radical (unpaired) electrons. The Kier molecular flexibility index (Phi) is 5.70. The zero-order valence-corrected chi connectivity index (χ0v) is 18.0. The minimum absolute atomic E-state index is 0.0305. The van der Waals surface area contributed by atoms with Crippen LogP contribution in [0.1, 0.15) is 68.5 Å². The highest BCUT2D eigenvalue weighted by Gasteiger charge is 2.48. The van der Waals surface area contributed by atoms with Crippen LogP contribution in [0.3, 0.4) is 0 Å². The van der Waals surface area contributed by atoms with Gasteiger partial charge in [-0.1, -0.05) is 42.0 Å². The van der Waals surface area contributed by atoms with Crippen molar-refractivity contribution in [3.63, 3.8) is 0 Å². The molecule has 1 saturated heterocycles. The van der Waals surface area contributed by atoms with Gasteiger partial charge < -0.3 is 14.6 Å². The molecule has 158 valence electrons. The number of carbonyl (C=O) groups is 1. The Morgan fingerprint density at radius 3 is 2.80 bits per heavy atom. The molecule has 4 rings (SSSR count). The van der Waals surface area contributed by atoms with Gasteiger partial charge in [0.25, 0.3) is 0 Å². The van der Waals surface area contributed by atoms with Crippen LogP contribution in [0.2, 0.25) is 0 Å². The number of allylic oxidation sites excluding steroid dienone is 2. The van der Waals surface area contributed by atoms with Gasteiger partial charge in [-0.3, -0.25) is 0 Å². The number of fused-ring (bicyclic) bond motifs is 3. The third-order valence-corrected chi connectivity index (χ3v) is 6.43. The van der Waals surface area contributed by atoms with Crippen LogP contribution in [0.5, 0.6) is 5.75 Å². The molecule has 30 heavy (non-hydrogen) atoms. The molecule has 0 amide bonds. The van der Waals surface area contributed by atoms with Crippen molar-refractivity contribution in [3.8, 4) is 16.9 Å². The van der Waals surface area contributed by atoms with E-state index < -0.39 is 5.97 Å². The van der Waals surface area contributed by atoms with Crippen LogP contribution in [0.25, 0.3) is 11.1 Å². The van der Waals surface area contributed by atoms with E-state index in [1.807, 2.05) is 24.3 Å². The first-order valence-corrected chi connectivity index (χ1v) is 10.8. The third-order valence-electron chi connectivity index (χ3n) is 6.43. The quantitative estimate of drug-likeness (QED) is 0.582. The largest absolute Gasteiger partial charge is 0.487 e. The molecule has 0 aliphatic carbocycles. The molecule has 1 N–H and O–H groups in total. The SMILES string of the molecule is CC(C)=CCC[C@@]1(C)Oc2cc(-c3ccccc3C(=O)O)ccc2[C@@H]2OCCC[C@H]21. The number of ether oxygens (including phenoxy) is 2. The summed E-state index contributed by atoms with van der Waals surface area (Å²) in [7, 11) is 0. The van der Waals surface area contributed by atoms with E-state index in [9.17, 15) is 9.90 Å². The number of hydrogen-bond donors (Lipinski definition) is 1. The van der Waals surface area contributed by atoms with Gasteiger partial charge in [0.15, 0.2) is 0 Å². The average molecular weight is 407 g/mol. The van der Waals surface area contributed by atoms with E-state index in [4.69, 9.17) is 9.47 Å². The molecule has 2 aliphatic rings. The monoisotopic (exact) mass is 406 g/mol. The van der Waals surface area contributed by atoms with Crippen molar-refractivity contribution >= 4 is 5.97 Å². The van der Waals surface area contributed by atoms with Crippen molar-refractivity contribution in [3.05, 3.63) is 65.2 Å². The van der Waals surface area contributed by atoms with E-state index in [1.165, 1.54) is 5.57 Å². The van der Waals surface area contributed by atoms with Crippen LogP contribution in [0.4, 0.5) is 0 Å². The van der Waals surface area contributed by atoms with E-state index in [-0.39, 0.29) is 11.7 Å². The normalized spacial score (nSPS) is 24.9. The minimum Gasteiger partial charge on any atom is -0.487 e. The van der Waals surface area contributed by atoms with Gasteiger partial charge in [-0.25, -0.2) is 4.79 Å². The number of aromatic carboxylic acids is 1. The molecule has 2 aromatic rings. The first-order valence-electron chi connectivity index (χ1n) is 10.8. The molecule has 0 unspecified atom stereocenters. The van der Waals surface area contributed by atoms with E-state index >= 15 is 0 Å². The zero-order valence-electron chi connectivity index (χ0n) is 18.0. The van der Waals surface area contributed by atoms with Crippen molar-refractivity contribution in [2.75, 3.05) is 6.61 Å². The molecule has 2 heterocycles. The fourth-order valence-corrected chi connectivity index (χ4v) is 4.87. The lowest BCUT2D eigenvalue weighted by Gasteiger charge is -2.48. The zero-order chi connectivity index (χ0) is 21.3. The maximum absolute atomic E-state index is 11.7. The number of carboxylic acid groups (broad SMARTS) is 1. The van der Waals surface area contributed by atoms with Gasteiger partial charge in [0.1, 0.15) is 11.4 Å². The summed E-state index contributed by atoms with van der Waals surface area (Å²) in [6, 6.07) is 13.1. The average Bonchev–Trinajstić information content (AvgIpc) is 2.73. The fourth-order valence-electron chi connectivity index (χ4n) is 4.87. The Morgan fingerprint density at radius 1 is 1.23 bits per heavy atom. The molecular weight excluding hydrogens is 376 g/mol. The second kappa shape index (κ2) is 8.27. The maximum Gasteiger partial charge on any atom is 0.336 e. The molecular formula is C26H30O4. The summed E-state index contributed by atoms with van der Waals surface area (Å²) in [6.45, 7) is 7.23. The van der Waals surface area contributed by atoms with Gasteiger partial charge in [0.2, 0.25) is 0 Å². The van der Waals surface area contributed by atoms with Crippen molar-refractivity contribution in [2.24, 2.45) is 5.92 Å². The predicted octanol–water partition coefficient (Wildman–Crippen LogP) is 6.42. The van der Waals surface area contributed by atoms with Gasteiger partial charge in [0, 0.05) is 18.1 Å². The smallest absolute Gasteiger partial charge is 0.336 e. The van der Waals surface area contributed by atoms with Crippen LogP contribution in [0, 0.1) is 5.92 Å². The van der Waals surface area contributed by atoms with E-state index in [0.717, 1.165) is 49.2 Å². The van der Waals surface area contributed by atoms with Crippen molar-refractivity contribution in [1.29, 1.82) is 0 Å². The van der Waals surface area contributed by atoms with E-state index in [0.29, 0.717) is 17.0 Å². The van der Waals surface area contributed by atoms with Crippen molar-refractivity contribution < 1.29 is 19.4 Å². The first kappa shape index (κ1) is 20.7. The molecule has 4 nitrogen and oxygen atoms in total. The van der Waals surface area contributed by atoms with Gasteiger partial charge >= 0.3 is 5.97 Å². The van der Waals surface area contributed by atoms with E-state index in [1.54, 1.807) is 12.1 Å². The Balaban J connectivity index is 1.74. The summed E-state index contributed by atoms with van der Waals surface area (Å²) in [5.74, 6) is 0.212. The Morgan fingerprint density at radius 2 is 2.03 bits per heavy atom. The lowest BCUT2D eigenvalue weighted by molar-refractivity contribution is -0.126. The lowest BCUT2D eigenvalue weighted by atomic mass is 9.73. The number of carboxylic acids is 1. The number of hydrogen-bond acceptors (Lipinski definition) is 3. The molecule has 0 aromatic heterocycles. The molecule has 1 fully saturated rings. The second-order valence-corrected chi connectivity index (χ2v) is 8.88.